The van der Waals surface area contributed by atoms with Crippen molar-refractivity contribution in [2.75, 3.05) is 38.5 Å². The number of benzene rings is 3. The van der Waals surface area contributed by atoms with E-state index in [-0.39, 0.29) is 12.0 Å². The molecule has 4 aromatic rings. The number of nitrogens with zero attached hydrogens (tertiary/aromatic N) is 3. The summed E-state index contributed by atoms with van der Waals surface area (Å²) in [5.41, 5.74) is 6.56. The molecule has 202 valence electrons. The van der Waals surface area contributed by atoms with Gasteiger partial charge in [0.25, 0.3) is 5.91 Å². The number of hydrogen-bond donors (Lipinski definition) is 2. The van der Waals surface area contributed by atoms with Crippen LogP contribution in [0.1, 0.15) is 27.0 Å². The van der Waals surface area contributed by atoms with Crippen LogP contribution in [-0.4, -0.2) is 55.1 Å². The Bertz CT molecular complexity index is 1450. The lowest BCUT2D eigenvalue weighted by atomic mass is 9.95. The van der Waals surface area contributed by atoms with E-state index < -0.39 is 0 Å². The zero-order valence-electron chi connectivity index (χ0n) is 22.6. The highest BCUT2D eigenvalue weighted by molar-refractivity contribution is 5.98. The third-order valence-corrected chi connectivity index (χ3v) is 7.10. The minimum absolute atomic E-state index is 0.0104. The number of carbonyl (C=O) groups is 1. The van der Waals surface area contributed by atoms with Crippen LogP contribution in [0.4, 0.5) is 5.69 Å². The first kappa shape index (κ1) is 26.9. The van der Waals surface area contributed by atoms with Crippen molar-refractivity contribution in [3.63, 3.8) is 0 Å². The summed E-state index contributed by atoms with van der Waals surface area (Å²) in [6.07, 6.45) is 3.57. The molecule has 3 heterocycles. The van der Waals surface area contributed by atoms with E-state index >= 15 is 0 Å². The molecule has 7 nitrogen and oxygen atoms in total. The minimum Gasteiger partial charge on any atom is -0.470 e. The van der Waals surface area contributed by atoms with E-state index in [0.717, 1.165) is 53.9 Å². The Labute approximate surface area is 235 Å². The van der Waals surface area contributed by atoms with Crippen LogP contribution in [-0.2, 0) is 12.8 Å². The zero-order chi connectivity index (χ0) is 27.7. The lowest BCUT2D eigenvalue weighted by Crippen LogP contribution is -2.40. The van der Waals surface area contributed by atoms with E-state index in [2.05, 4.69) is 33.8 Å². The van der Waals surface area contributed by atoms with Crippen LogP contribution in [0, 0.1) is 11.3 Å². The Hall–Kier alpha value is -4.67. The predicted octanol–water partition coefficient (Wildman–Crippen LogP) is 4.94. The van der Waals surface area contributed by atoms with Gasteiger partial charge in [-0.05, 0) is 60.3 Å². The summed E-state index contributed by atoms with van der Waals surface area (Å²) in [5.74, 6) is 0.674. The number of nitriles is 1. The van der Waals surface area contributed by atoms with Crippen molar-refractivity contribution < 1.29 is 9.53 Å². The Morgan fingerprint density at radius 1 is 1.05 bits per heavy atom. The number of anilines is 1. The number of fused-ring (bicyclic) bond motifs is 2. The Morgan fingerprint density at radius 2 is 1.80 bits per heavy atom. The van der Waals surface area contributed by atoms with Gasteiger partial charge < -0.3 is 20.3 Å². The average Bonchev–Trinajstić information content (AvgIpc) is 3.02. The molecule has 0 unspecified atom stereocenters. The van der Waals surface area contributed by atoms with E-state index in [9.17, 15) is 4.79 Å². The molecule has 3 aromatic carbocycles. The molecule has 0 bridgehead atoms. The first-order chi connectivity index (χ1) is 19.6. The molecule has 0 saturated carbocycles. The van der Waals surface area contributed by atoms with Gasteiger partial charge in [-0.3, -0.25) is 4.79 Å². The average molecular weight is 532 g/mol. The van der Waals surface area contributed by atoms with E-state index in [0.29, 0.717) is 24.5 Å². The minimum atomic E-state index is -0.0104. The summed E-state index contributed by atoms with van der Waals surface area (Å²) in [4.78, 5) is 18.9. The summed E-state index contributed by atoms with van der Waals surface area (Å²) in [7, 11) is 1.85. The van der Waals surface area contributed by atoms with Crippen molar-refractivity contribution in [3.8, 4) is 23.1 Å². The number of pyridine rings is 1. The first-order valence-electron chi connectivity index (χ1n) is 13.6. The van der Waals surface area contributed by atoms with E-state index in [1.807, 2.05) is 79.8 Å². The first-order valence-corrected chi connectivity index (χ1v) is 13.6. The second-order valence-electron chi connectivity index (χ2n) is 9.96. The lowest BCUT2D eigenvalue weighted by molar-refractivity contribution is 0.0781. The van der Waals surface area contributed by atoms with Crippen LogP contribution in [0.25, 0.3) is 11.1 Å². The van der Waals surface area contributed by atoms with E-state index in [1.165, 1.54) is 5.56 Å². The van der Waals surface area contributed by atoms with Gasteiger partial charge in [0.15, 0.2) is 0 Å². The Morgan fingerprint density at radius 3 is 2.52 bits per heavy atom. The molecule has 0 saturated heterocycles. The molecular formula is C33H33N5O2. The predicted molar refractivity (Wildman–Crippen MR) is 157 cm³/mol. The molecule has 1 aromatic heterocycles. The van der Waals surface area contributed by atoms with Crippen molar-refractivity contribution in [3.05, 3.63) is 113 Å². The number of rotatable bonds is 6. The van der Waals surface area contributed by atoms with Gasteiger partial charge in [0.05, 0.1) is 23.9 Å². The standard InChI is InChI=1S/C27H27N5O2.C6H6/c1-32-11-9-20-6-7-21(12-24(20)27(32)33)22-13-25-26(31-15-22)34-23(17-30-25)16-29-10-8-18-2-4-19(14-28)5-3-18;1-2-4-6-5-3-1/h2-7,12-13,15,23,29-30H,8-11,16-17H2,1H3;1-6H/t23-;/m1./s1. The molecular weight excluding hydrogens is 498 g/mol. The highest BCUT2D eigenvalue weighted by Gasteiger charge is 2.23. The smallest absolute Gasteiger partial charge is 0.253 e. The number of carbonyl (C=O) groups excluding carboxylic acids is 1. The van der Waals surface area contributed by atoms with Gasteiger partial charge in [-0.1, -0.05) is 60.7 Å². The third kappa shape index (κ3) is 6.66. The van der Waals surface area contributed by atoms with Crippen LogP contribution < -0.4 is 15.4 Å². The van der Waals surface area contributed by atoms with E-state index in [4.69, 9.17) is 10.00 Å². The molecule has 7 heteroatoms. The molecule has 2 N–H and O–H groups in total. The largest absolute Gasteiger partial charge is 0.470 e. The van der Waals surface area contributed by atoms with Crippen molar-refractivity contribution in [1.29, 1.82) is 5.26 Å². The summed E-state index contributed by atoms with van der Waals surface area (Å²) >= 11 is 0. The van der Waals surface area contributed by atoms with Gasteiger partial charge in [-0.25, -0.2) is 4.98 Å². The SMILES string of the molecule is CN1CCc2ccc(-c3cnc4c(c3)NC[C@@H](CNCCc3ccc(C#N)cc3)O4)cc2C1=O.c1ccccc1. The normalized spacial score (nSPS) is 15.3. The second kappa shape index (κ2) is 12.9. The molecule has 40 heavy (non-hydrogen) atoms. The molecule has 1 amide bonds. The van der Waals surface area contributed by atoms with Crippen molar-refractivity contribution in [1.82, 2.24) is 15.2 Å². The third-order valence-electron chi connectivity index (χ3n) is 7.10. The highest BCUT2D eigenvalue weighted by Crippen LogP contribution is 2.32. The molecule has 0 fully saturated rings. The highest BCUT2D eigenvalue weighted by atomic mass is 16.5. The van der Waals surface area contributed by atoms with Crippen molar-refractivity contribution in [2.45, 2.75) is 18.9 Å². The van der Waals surface area contributed by atoms with Gasteiger partial charge in [0.1, 0.15) is 6.10 Å². The summed E-state index contributed by atoms with van der Waals surface area (Å²) < 4.78 is 6.09. The molecule has 1 atom stereocenters. The fourth-order valence-corrected chi connectivity index (χ4v) is 4.76. The maximum Gasteiger partial charge on any atom is 0.253 e. The molecule has 2 aliphatic rings. The Kier molecular flexibility index (Phi) is 8.69. The summed E-state index contributed by atoms with van der Waals surface area (Å²) in [6, 6.07) is 29.9. The monoisotopic (exact) mass is 531 g/mol. The number of likely N-dealkylation sites (N-methyl/N-ethyl adjacent to an activating group) is 1. The van der Waals surface area contributed by atoms with Crippen molar-refractivity contribution in [2.24, 2.45) is 0 Å². The van der Waals surface area contributed by atoms with Crippen LogP contribution >= 0.6 is 0 Å². The number of nitrogens with one attached hydrogen (secondary N) is 2. The van der Waals surface area contributed by atoms with Crippen molar-refractivity contribution >= 4 is 11.6 Å². The Balaban J connectivity index is 0.000000477. The van der Waals surface area contributed by atoms with Gasteiger partial charge in [-0.15, -0.1) is 0 Å². The summed E-state index contributed by atoms with van der Waals surface area (Å²) in [5, 5.41) is 15.8. The zero-order valence-corrected chi connectivity index (χ0v) is 22.6. The van der Waals surface area contributed by atoms with Crippen LogP contribution in [0.5, 0.6) is 5.88 Å². The van der Waals surface area contributed by atoms with Gasteiger partial charge in [0, 0.05) is 37.5 Å². The van der Waals surface area contributed by atoms with Gasteiger partial charge in [0.2, 0.25) is 5.88 Å². The number of ether oxygens (including phenoxy) is 1. The quantitative estimate of drug-likeness (QED) is 0.343. The number of hydrogen-bond acceptors (Lipinski definition) is 6. The fourth-order valence-electron chi connectivity index (χ4n) is 4.76. The molecule has 2 aliphatic heterocycles. The number of amides is 1. The molecule has 0 spiro atoms. The lowest BCUT2D eigenvalue weighted by Gasteiger charge is -2.27. The maximum absolute atomic E-state index is 12.5. The molecule has 6 rings (SSSR count). The maximum atomic E-state index is 12.5. The second-order valence-corrected chi connectivity index (χ2v) is 9.96. The van der Waals surface area contributed by atoms with Crippen LogP contribution in [0.2, 0.25) is 0 Å². The summed E-state index contributed by atoms with van der Waals surface area (Å²) in [6.45, 7) is 3.00. The fraction of sp³-hybridized carbons (Fsp3) is 0.242. The van der Waals surface area contributed by atoms with Crippen LogP contribution in [0.15, 0.2) is 91.1 Å². The van der Waals surface area contributed by atoms with Gasteiger partial charge >= 0.3 is 0 Å². The van der Waals surface area contributed by atoms with Crippen LogP contribution in [0.3, 0.4) is 0 Å². The molecule has 0 radical (unpaired) electrons. The van der Waals surface area contributed by atoms with E-state index in [1.54, 1.807) is 11.1 Å². The topological polar surface area (TPSA) is 90.3 Å². The van der Waals surface area contributed by atoms with Gasteiger partial charge in [-0.2, -0.15) is 5.26 Å². The number of aromatic nitrogens is 1. The molecule has 0 aliphatic carbocycles.